The zero-order chi connectivity index (χ0) is 18.5. The van der Waals surface area contributed by atoms with E-state index in [2.05, 4.69) is 10.6 Å². The number of urea groups is 1. The van der Waals surface area contributed by atoms with E-state index in [1.807, 2.05) is 24.3 Å². The quantitative estimate of drug-likeness (QED) is 0.863. The van der Waals surface area contributed by atoms with Gasteiger partial charge in [0.15, 0.2) is 0 Å². The molecule has 6 nitrogen and oxygen atoms in total. The van der Waals surface area contributed by atoms with Crippen LogP contribution in [0.25, 0.3) is 0 Å². The average Bonchev–Trinajstić information content (AvgIpc) is 3.00. The van der Waals surface area contributed by atoms with Gasteiger partial charge in [-0.15, -0.1) is 0 Å². The summed E-state index contributed by atoms with van der Waals surface area (Å²) >= 11 is 0. The predicted octanol–water partition coefficient (Wildman–Crippen LogP) is 2.44. The Bertz CT molecular complexity index is 812. The number of para-hydroxylation sites is 1. The summed E-state index contributed by atoms with van der Waals surface area (Å²) in [6, 6.07) is 12.6. The molecule has 136 valence electrons. The summed E-state index contributed by atoms with van der Waals surface area (Å²) in [5.74, 6) is 0.146. The van der Waals surface area contributed by atoms with Crippen LogP contribution in [-0.4, -0.2) is 31.6 Å². The number of nitrogens with one attached hydrogen (secondary N) is 2. The largest absolute Gasteiger partial charge is 0.496 e. The zero-order valence-electron chi connectivity index (χ0n) is 14.4. The van der Waals surface area contributed by atoms with Gasteiger partial charge in [0, 0.05) is 30.8 Å². The molecular formula is C19H20FN3O3. The molecule has 3 amide bonds. The van der Waals surface area contributed by atoms with Gasteiger partial charge in [-0.25, -0.2) is 9.18 Å². The number of anilines is 1. The van der Waals surface area contributed by atoms with Crippen LogP contribution in [0.3, 0.4) is 0 Å². The number of amides is 3. The monoisotopic (exact) mass is 357 g/mol. The van der Waals surface area contributed by atoms with E-state index in [1.165, 1.54) is 17.0 Å². The number of nitrogens with zero attached hydrogens (tertiary/aromatic N) is 1. The third kappa shape index (κ3) is 4.11. The van der Waals surface area contributed by atoms with Crippen LogP contribution in [0.2, 0.25) is 0 Å². The average molecular weight is 357 g/mol. The molecule has 0 saturated carbocycles. The molecule has 2 aromatic carbocycles. The van der Waals surface area contributed by atoms with Gasteiger partial charge in [-0.2, -0.15) is 0 Å². The minimum Gasteiger partial charge on any atom is -0.496 e. The smallest absolute Gasteiger partial charge is 0.315 e. The van der Waals surface area contributed by atoms with Gasteiger partial charge in [0.25, 0.3) is 0 Å². The van der Waals surface area contributed by atoms with E-state index in [1.54, 1.807) is 19.2 Å². The molecule has 2 N–H and O–H groups in total. The van der Waals surface area contributed by atoms with E-state index in [0.717, 1.165) is 5.56 Å². The Labute approximate surface area is 150 Å². The molecule has 1 aliphatic heterocycles. The number of carbonyl (C=O) groups is 2. The third-order valence-corrected chi connectivity index (χ3v) is 4.21. The molecule has 7 heteroatoms. The standard InChI is InChI=1S/C19H20FN3O3/c1-26-17-8-3-2-5-13(17)11-21-19(25)22-15-10-18(24)23(12-15)16-7-4-6-14(20)9-16/h2-9,15H,10-12H2,1H3,(H2,21,22,25)/t15-/m1/s1. The molecule has 0 bridgehead atoms. The van der Waals surface area contributed by atoms with E-state index < -0.39 is 5.82 Å². The van der Waals surface area contributed by atoms with Crippen LogP contribution in [0.5, 0.6) is 5.75 Å². The van der Waals surface area contributed by atoms with Crippen molar-refractivity contribution in [2.45, 2.75) is 19.0 Å². The molecule has 26 heavy (non-hydrogen) atoms. The van der Waals surface area contributed by atoms with Crippen LogP contribution in [0.4, 0.5) is 14.9 Å². The Kier molecular flexibility index (Phi) is 5.36. The number of benzene rings is 2. The predicted molar refractivity (Wildman–Crippen MR) is 95.5 cm³/mol. The lowest BCUT2D eigenvalue weighted by molar-refractivity contribution is -0.117. The van der Waals surface area contributed by atoms with Crippen molar-refractivity contribution < 1.29 is 18.7 Å². The van der Waals surface area contributed by atoms with Crippen LogP contribution < -0.4 is 20.3 Å². The Hall–Kier alpha value is -3.09. The maximum absolute atomic E-state index is 13.4. The Balaban J connectivity index is 1.54. The summed E-state index contributed by atoms with van der Waals surface area (Å²) in [5, 5.41) is 5.54. The summed E-state index contributed by atoms with van der Waals surface area (Å²) in [4.78, 5) is 25.8. The molecule has 1 saturated heterocycles. The molecule has 0 radical (unpaired) electrons. The summed E-state index contributed by atoms with van der Waals surface area (Å²) in [5.41, 5.74) is 1.35. The third-order valence-electron chi connectivity index (χ3n) is 4.21. The lowest BCUT2D eigenvalue weighted by Gasteiger charge is -2.17. The highest BCUT2D eigenvalue weighted by Gasteiger charge is 2.31. The first-order valence-electron chi connectivity index (χ1n) is 8.29. The highest BCUT2D eigenvalue weighted by atomic mass is 19.1. The van der Waals surface area contributed by atoms with Crippen molar-refractivity contribution in [3.05, 3.63) is 59.9 Å². The minimum absolute atomic E-state index is 0.148. The molecule has 0 unspecified atom stereocenters. The first kappa shape index (κ1) is 17.7. The molecule has 1 atom stereocenters. The molecule has 2 aromatic rings. The Morgan fingerprint density at radius 3 is 2.85 bits per heavy atom. The van der Waals surface area contributed by atoms with E-state index in [4.69, 9.17) is 4.74 Å². The second kappa shape index (κ2) is 7.86. The van der Waals surface area contributed by atoms with Crippen molar-refractivity contribution in [1.82, 2.24) is 10.6 Å². The van der Waals surface area contributed by atoms with E-state index in [-0.39, 0.29) is 24.4 Å². The molecule has 0 spiro atoms. The van der Waals surface area contributed by atoms with Crippen LogP contribution in [0.1, 0.15) is 12.0 Å². The lowest BCUT2D eigenvalue weighted by Crippen LogP contribution is -2.43. The van der Waals surface area contributed by atoms with Gasteiger partial charge in [0.1, 0.15) is 11.6 Å². The fourth-order valence-corrected chi connectivity index (χ4v) is 2.96. The summed E-state index contributed by atoms with van der Waals surface area (Å²) in [7, 11) is 1.57. The van der Waals surface area contributed by atoms with Crippen molar-refractivity contribution >= 4 is 17.6 Å². The number of hydrogen-bond donors (Lipinski definition) is 2. The minimum atomic E-state index is -0.402. The maximum atomic E-state index is 13.4. The van der Waals surface area contributed by atoms with Crippen LogP contribution >= 0.6 is 0 Å². The molecule has 3 rings (SSSR count). The van der Waals surface area contributed by atoms with Gasteiger partial charge in [0.2, 0.25) is 5.91 Å². The fourth-order valence-electron chi connectivity index (χ4n) is 2.96. The van der Waals surface area contributed by atoms with Crippen molar-refractivity contribution in [1.29, 1.82) is 0 Å². The van der Waals surface area contributed by atoms with Crippen molar-refractivity contribution in [2.24, 2.45) is 0 Å². The maximum Gasteiger partial charge on any atom is 0.315 e. The van der Waals surface area contributed by atoms with Gasteiger partial charge in [-0.1, -0.05) is 24.3 Å². The molecule has 1 aliphatic rings. The van der Waals surface area contributed by atoms with E-state index in [0.29, 0.717) is 24.5 Å². The summed E-state index contributed by atoms with van der Waals surface area (Å²) < 4.78 is 18.6. The number of hydrogen-bond acceptors (Lipinski definition) is 3. The second-order valence-corrected chi connectivity index (χ2v) is 6.02. The first-order valence-corrected chi connectivity index (χ1v) is 8.29. The van der Waals surface area contributed by atoms with Crippen molar-refractivity contribution in [3.8, 4) is 5.75 Å². The van der Waals surface area contributed by atoms with E-state index >= 15 is 0 Å². The highest BCUT2D eigenvalue weighted by Crippen LogP contribution is 2.22. The second-order valence-electron chi connectivity index (χ2n) is 6.02. The van der Waals surface area contributed by atoms with Gasteiger partial charge in [-0.05, 0) is 24.3 Å². The number of rotatable bonds is 5. The first-order chi connectivity index (χ1) is 12.6. The normalized spacial score (nSPS) is 16.5. The van der Waals surface area contributed by atoms with Crippen LogP contribution in [0, 0.1) is 5.82 Å². The van der Waals surface area contributed by atoms with Gasteiger partial charge in [-0.3, -0.25) is 4.79 Å². The number of methoxy groups -OCH3 is 1. The Morgan fingerprint density at radius 2 is 2.08 bits per heavy atom. The molecule has 0 aromatic heterocycles. The lowest BCUT2D eigenvalue weighted by atomic mass is 10.2. The molecule has 1 fully saturated rings. The topological polar surface area (TPSA) is 70.7 Å². The fraction of sp³-hybridized carbons (Fsp3) is 0.263. The Morgan fingerprint density at radius 1 is 1.27 bits per heavy atom. The van der Waals surface area contributed by atoms with E-state index in [9.17, 15) is 14.0 Å². The number of halogens is 1. The zero-order valence-corrected chi connectivity index (χ0v) is 14.4. The van der Waals surface area contributed by atoms with Gasteiger partial charge in [0.05, 0.1) is 13.2 Å². The molecule has 1 heterocycles. The van der Waals surface area contributed by atoms with Crippen molar-refractivity contribution in [2.75, 3.05) is 18.6 Å². The number of ether oxygens (including phenoxy) is 1. The highest BCUT2D eigenvalue weighted by molar-refractivity contribution is 5.96. The van der Waals surface area contributed by atoms with Gasteiger partial charge < -0.3 is 20.3 Å². The summed E-state index contributed by atoms with van der Waals surface area (Å²) in [6.07, 6.45) is 0.179. The van der Waals surface area contributed by atoms with Crippen LogP contribution in [-0.2, 0) is 11.3 Å². The summed E-state index contributed by atoms with van der Waals surface area (Å²) in [6.45, 7) is 0.620. The van der Waals surface area contributed by atoms with Crippen LogP contribution in [0.15, 0.2) is 48.5 Å². The van der Waals surface area contributed by atoms with Crippen molar-refractivity contribution in [3.63, 3.8) is 0 Å². The molecular weight excluding hydrogens is 337 g/mol. The SMILES string of the molecule is COc1ccccc1CNC(=O)N[C@@H]1CC(=O)N(c2cccc(F)c2)C1. The molecule has 0 aliphatic carbocycles. The van der Waals surface area contributed by atoms with Gasteiger partial charge >= 0.3 is 6.03 Å². The number of carbonyl (C=O) groups excluding carboxylic acids is 2.